The summed E-state index contributed by atoms with van der Waals surface area (Å²) in [6.07, 6.45) is 0. The van der Waals surface area contributed by atoms with Crippen molar-refractivity contribution in [2.45, 2.75) is 27.3 Å². The zero-order valence-electron chi connectivity index (χ0n) is 16.2. The van der Waals surface area contributed by atoms with Crippen LogP contribution < -0.4 is 15.4 Å². The standard InChI is InChI=1S/C22H25N3O2/c1-15-9-11-19(12-10-15)24-22(26)23-14-18-13-16(2)25(17(18)3)20-7-5-6-8-21(20)27-4/h5-13H,14H2,1-4H3,(H2,23,24,26). The van der Waals surface area contributed by atoms with Crippen LogP contribution in [0.4, 0.5) is 10.5 Å². The fraction of sp³-hybridized carbons (Fsp3) is 0.227. The molecule has 2 aromatic carbocycles. The number of methoxy groups -OCH3 is 1. The van der Waals surface area contributed by atoms with Crippen LogP contribution in [0.5, 0.6) is 5.75 Å². The Kier molecular flexibility index (Phi) is 5.50. The summed E-state index contributed by atoms with van der Waals surface area (Å²) in [6.45, 7) is 6.57. The minimum Gasteiger partial charge on any atom is -0.495 e. The highest BCUT2D eigenvalue weighted by molar-refractivity contribution is 5.89. The second kappa shape index (κ2) is 7.99. The normalized spacial score (nSPS) is 10.5. The van der Waals surface area contributed by atoms with Crippen LogP contribution >= 0.6 is 0 Å². The van der Waals surface area contributed by atoms with E-state index in [0.717, 1.165) is 39.6 Å². The quantitative estimate of drug-likeness (QED) is 0.688. The van der Waals surface area contributed by atoms with Gasteiger partial charge in [-0.1, -0.05) is 29.8 Å². The van der Waals surface area contributed by atoms with Gasteiger partial charge in [-0.25, -0.2) is 4.79 Å². The summed E-state index contributed by atoms with van der Waals surface area (Å²) in [7, 11) is 1.67. The lowest BCUT2D eigenvalue weighted by Gasteiger charge is -2.14. The molecule has 1 heterocycles. The van der Waals surface area contributed by atoms with Gasteiger partial charge in [-0.2, -0.15) is 0 Å². The molecule has 140 valence electrons. The average molecular weight is 363 g/mol. The van der Waals surface area contributed by atoms with E-state index in [9.17, 15) is 4.79 Å². The molecule has 3 rings (SSSR count). The predicted octanol–water partition coefficient (Wildman–Crippen LogP) is 4.73. The monoisotopic (exact) mass is 363 g/mol. The number of carbonyl (C=O) groups excluding carboxylic acids is 1. The van der Waals surface area contributed by atoms with Crippen molar-refractivity contribution in [1.82, 2.24) is 9.88 Å². The third kappa shape index (κ3) is 4.14. The van der Waals surface area contributed by atoms with E-state index >= 15 is 0 Å². The summed E-state index contributed by atoms with van der Waals surface area (Å²) in [6, 6.07) is 17.5. The number of urea groups is 1. The maximum atomic E-state index is 12.2. The second-order valence-electron chi connectivity index (χ2n) is 6.58. The highest BCUT2D eigenvalue weighted by Crippen LogP contribution is 2.27. The summed E-state index contributed by atoms with van der Waals surface area (Å²) in [5, 5.41) is 5.78. The first-order valence-corrected chi connectivity index (χ1v) is 8.92. The third-order valence-corrected chi connectivity index (χ3v) is 4.61. The van der Waals surface area contributed by atoms with E-state index in [1.165, 1.54) is 0 Å². The molecule has 2 N–H and O–H groups in total. The van der Waals surface area contributed by atoms with Crippen molar-refractivity contribution in [2.75, 3.05) is 12.4 Å². The Hall–Kier alpha value is -3.21. The van der Waals surface area contributed by atoms with E-state index in [-0.39, 0.29) is 6.03 Å². The Bertz CT molecular complexity index is 943. The molecular formula is C22H25N3O2. The zero-order chi connectivity index (χ0) is 19.4. The maximum Gasteiger partial charge on any atom is 0.319 e. The largest absolute Gasteiger partial charge is 0.495 e. The Morgan fingerprint density at radius 2 is 1.74 bits per heavy atom. The van der Waals surface area contributed by atoms with Gasteiger partial charge in [0.05, 0.1) is 12.8 Å². The number of carbonyl (C=O) groups is 1. The molecule has 0 bridgehead atoms. The molecule has 1 aromatic heterocycles. The van der Waals surface area contributed by atoms with Gasteiger partial charge in [-0.05, 0) is 56.7 Å². The number of ether oxygens (including phenoxy) is 1. The van der Waals surface area contributed by atoms with Gasteiger partial charge in [-0.3, -0.25) is 0 Å². The van der Waals surface area contributed by atoms with E-state index < -0.39 is 0 Å². The lowest BCUT2D eigenvalue weighted by atomic mass is 10.2. The second-order valence-corrected chi connectivity index (χ2v) is 6.58. The van der Waals surface area contributed by atoms with Crippen LogP contribution in [0.3, 0.4) is 0 Å². The molecule has 0 atom stereocenters. The predicted molar refractivity (Wildman–Crippen MR) is 109 cm³/mol. The zero-order valence-corrected chi connectivity index (χ0v) is 16.2. The number of amides is 2. The van der Waals surface area contributed by atoms with Crippen molar-refractivity contribution in [3.8, 4) is 11.4 Å². The van der Waals surface area contributed by atoms with Crippen molar-refractivity contribution in [2.24, 2.45) is 0 Å². The van der Waals surface area contributed by atoms with Crippen molar-refractivity contribution in [1.29, 1.82) is 0 Å². The number of nitrogens with zero attached hydrogens (tertiary/aromatic N) is 1. The third-order valence-electron chi connectivity index (χ3n) is 4.61. The SMILES string of the molecule is COc1ccccc1-n1c(C)cc(CNC(=O)Nc2ccc(C)cc2)c1C. The number of nitrogens with one attached hydrogen (secondary N) is 2. The number of aryl methyl sites for hydroxylation is 2. The maximum absolute atomic E-state index is 12.2. The van der Waals surface area contributed by atoms with Crippen LogP contribution in [0, 0.1) is 20.8 Å². The first-order valence-electron chi connectivity index (χ1n) is 8.92. The van der Waals surface area contributed by atoms with Gasteiger partial charge in [0.1, 0.15) is 5.75 Å². The van der Waals surface area contributed by atoms with Crippen LogP contribution in [0.15, 0.2) is 54.6 Å². The average Bonchev–Trinajstić information content (AvgIpc) is 2.95. The van der Waals surface area contributed by atoms with Crippen molar-refractivity contribution in [3.63, 3.8) is 0 Å². The smallest absolute Gasteiger partial charge is 0.319 e. The lowest BCUT2D eigenvalue weighted by molar-refractivity contribution is 0.251. The summed E-state index contributed by atoms with van der Waals surface area (Å²) in [5.74, 6) is 0.816. The molecule has 0 aliphatic rings. The van der Waals surface area contributed by atoms with Crippen LogP contribution in [-0.2, 0) is 6.54 Å². The topological polar surface area (TPSA) is 55.3 Å². The molecule has 3 aromatic rings. The van der Waals surface area contributed by atoms with Gasteiger partial charge >= 0.3 is 6.03 Å². The summed E-state index contributed by atoms with van der Waals surface area (Å²) >= 11 is 0. The highest BCUT2D eigenvalue weighted by atomic mass is 16.5. The molecule has 5 heteroatoms. The Labute approximate surface area is 160 Å². The highest BCUT2D eigenvalue weighted by Gasteiger charge is 2.14. The molecule has 0 fully saturated rings. The number of para-hydroxylation sites is 2. The molecule has 0 unspecified atom stereocenters. The van der Waals surface area contributed by atoms with Crippen LogP contribution in [-0.4, -0.2) is 17.7 Å². The Morgan fingerprint density at radius 3 is 2.44 bits per heavy atom. The molecule has 0 aliphatic carbocycles. The van der Waals surface area contributed by atoms with E-state index in [4.69, 9.17) is 4.74 Å². The number of hydrogen-bond acceptors (Lipinski definition) is 2. The molecule has 0 saturated carbocycles. The van der Waals surface area contributed by atoms with Gasteiger partial charge < -0.3 is 19.9 Å². The number of benzene rings is 2. The van der Waals surface area contributed by atoms with Gasteiger partial charge in [0.2, 0.25) is 0 Å². The van der Waals surface area contributed by atoms with Crippen LogP contribution in [0.1, 0.15) is 22.5 Å². The molecule has 5 nitrogen and oxygen atoms in total. The van der Waals surface area contributed by atoms with Gasteiger partial charge in [-0.15, -0.1) is 0 Å². The summed E-state index contributed by atoms with van der Waals surface area (Å²) < 4.78 is 7.64. The number of anilines is 1. The Balaban J connectivity index is 1.73. The number of aromatic nitrogens is 1. The van der Waals surface area contributed by atoms with Crippen molar-refractivity contribution >= 4 is 11.7 Å². The molecule has 2 amide bonds. The fourth-order valence-corrected chi connectivity index (χ4v) is 3.18. The van der Waals surface area contributed by atoms with Crippen LogP contribution in [0.25, 0.3) is 5.69 Å². The number of hydrogen-bond donors (Lipinski definition) is 2. The van der Waals surface area contributed by atoms with Gasteiger partial charge in [0, 0.05) is 23.6 Å². The molecule has 27 heavy (non-hydrogen) atoms. The van der Waals surface area contributed by atoms with Crippen LogP contribution in [0.2, 0.25) is 0 Å². The van der Waals surface area contributed by atoms with Crippen molar-refractivity contribution < 1.29 is 9.53 Å². The molecule has 0 saturated heterocycles. The van der Waals surface area contributed by atoms with E-state index in [1.54, 1.807) is 7.11 Å². The fourth-order valence-electron chi connectivity index (χ4n) is 3.18. The van der Waals surface area contributed by atoms with E-state index in [2.05, 4.69) is 28.2 Å². The summed E-state index contributed by atoms with van der Waals surface area (Å²) in [4.78, 5) is 12.2. The van der Waals surface area contributed by atoms with E-state index in [1.807, 2.05) is 62.4 Å². The van der Waals surface area contributed by atoms with Crippen molar-refractivity contribution in [3.05, 3.63) is 77.1 Å². The number of rotatable bonds is 5. The summed E-state index contributed by atoms with van der Waals surface area (Å²) in [5.41, 5.74) is 6.16. The molecule has 0 aliphatic heterocycles. The lowest BCUT2D eigenvalue weighted by Crippen LogP contribution is -2.28. The Morgan fingerprint density at radius 1 is 1.04 bits per heavy atom. The minimum atomic E-state index is -0.221. The van der Waals surface area contributed by atoms with Gasteiger partial charge in [0.25, 0.3) is 0 Å². The van der Waals surface area contributed by atoms with E-state index in [0.29, 0.717) is 6.54 Å². The van der Waals surface area contributed by atoms with Gasteiger partial charge in [0.15, 0.2) is 0 Å². The first kappa shape index (κ1) is 18.6. The minimum absolute atomic E-state index is 0.221. The molecule has 0 radical (unpaired) electrons. The molecular weight excluding hydrogens is 338 g/mol. The molecule has 0 spiro atoms. The first-order chi connectivity index (χ1) is 13.0.